The minimum Gasteiger partial charge on any atom is -0.456 e. The van der Waals surface area contributed by atoms with E-state index < -0.39 is 0 Å². The molecule has 2 aliphatic heterocycles. The van der Waals surface area contributed by atoms with Gasteiger partial charge in [-0.25, -0.2) is 0 Å². The largest absolute Gasteiger partial charge is 0.456 e. The molecule has 8 aromatic carbocycles. The zero-order valence-corrected chi connectivity index (χ0v) is 38.8. The minimum absolute atomic E-state index is 0.00253. The van der Waals surface area contributed by atoms with Crippen LogP contribution in [0, 0.1) is 0 Å². The zero-order chi connectivity index (χ0) is 44.7. The van der Waals surface area contributed by atoms with Crippen molar-refractivity contribution in [1.82, 2.24) is 0 Å². The molecule has 318 valence electrons. The first-order valence-electron chi connectivity index (χ1n) is 23.1. The molecule has 0 bridgehead atoms. The number of rotatable bonds is 3. The predicted octanol–water partition coefficient (Wildman–Crippen LogP) is 15.1. The fourth-order valence-corrected chi connectivity index (χ4v) is 10.5. The van der Waals surface area contributed by atoms with Gasteiger partial charge in [-0.2, -0.15) is 0 Å². The van der Waals surface area contributed by atoms with E-state index in [1.165, 1.54) is 55.8 Å². The van der Waals surface area contributed by atoms with E-state index in [1.54, 1.807) is 0 Å². The Morgan fingerprint density at radius 2 is 0.938 bits per heavy atom. The van der Waals surface area contributed by atoms with Crippen LogP contribution in [0.15, 0.2) is 167 Å². The van der Waals surface area contributed by atoms with Crippen molar-refractivity contribution in [3.63, 3.8) is 0 Å². The van der Waals surface area contributed by atoms with Gasteiger partial charge in [-0.05, 0) is 116 Å². The van der Waals surface area contributed by atoms with Crippen LogP contribution in [0.25, 0.3) is 55.0 Å². The molecule has 0 N–H and O–H groups in total. The van der Waals surface area contributed by atoms with Crippen LogP contribution >= 0.6 is 0 Å². The van der Waals surface area contributed by atoms with Gasteiger partial charge in [0.05, 0.1) is 0 Å². The first kappa shape index (κ1) is 39.6. The van der Waals surface area contributed by atoms with Crippen LogP contribution < -0.4 is 26.2 Å². The van der Waals surface area contributed by atoms with Gasteiger partial charge in [0.15, 0.2) is 0 Å². The summed E-state index contributed by atoms with van der Waals surface area (Å²) in [6, 6.07) is 58.6. The Kier molecular flexibility index (Phi) is 8.39. The van der Waals surface area contributed by atoms with Gasteiger partial charge in [0, 0.05) is 67.3 Å². The van der Waals surface area contributed by atoms with E-state index in [0.29, 0.717) is 0 Å². The lowest BCUT2D eigenvalue weighted by molar-refractivity contribution is 0.589. The third-order valence-electron chi connectivity index (χ3n) is 14.1. The summed E-state index contributed by atoms with van der Waals surface area (Å²) in [7, 11) is 0. The van der Waals surface area contributed by atoms with E-state index in [1.807, 2.05) is 12.1 Å². The molecule has 0 saturated heterocycles. The van der Waals surface area contributed by atoms with E-state index >= 15 is 0 Å². The van der Waals surface area contributed by atoms with E-state index in [4.69, 9.17) is 8.83 Å². The highest BCUT2D eigenvalue weighted by molar-refractivity contribution is 7.00. The fourth-order valence-electron chi connectivity index (χ4n) is 10.5. The Morgan fingerprint density at radius 1 is 0.385 bits per heavy atom. The van der Waals surface area contributed by atoms with Crippen molar-refractivity contribution in [3.8, 4) is 11.1 Å². The van der Waals surface area contributed by atoms with Gasteiger partial charge in [0.2, 0.25) is 0 Å². The first-order valence-corrected chi connectivity index (χ1v) is 23.1. The van der Waals surface area contributed by atoms with E-state index in [9.17, 15) is 0 Å². The summed E-state index contributed by atoms with van der Waals surface area (Å²) in [4.78, 5) is 5.07. The maximum absolute atomic E-state index is 6.60. The number of hydrogen-bond donors (Lipinski definition) is 0. The molecule has 5 heteroatoms. The van der Waals surface area contributed by atoms with Crippen molar-refractivity contribution < 1.29 is 8.83 Å². The molecule has 4 heterocycles. The van der Waals surface area contributed by atoms with Gasteiger partial charge >= 0.3 is 0 Å². The Morgan fingerprint density at radius 3 is 1.63 bits per heavy atom. The summed E-state index contributed by atoms with van der Waals surface area (Å²) < 4.78 is 13.1. The maximum Gasteiger partial charge on any atom is 0.252 e. The smallest absolute Gasteiger partial charge is 0.252 e. The molecule has 2 aliphatic rings. The molecule has 0 fully saturated rings. The highest BCUT2D eigenvalue weighted by Crippen LogP contribution is 2.48. The normalized spacial score (nSPS) is 13.8. The molecule has 0 aliphatic carbocycles. The van der Waals surface area contributed by atoms with E-state index in [0.717, 1.165) is 66.4 Å². The second-order valence-corrected chi connectivity index (χ2v) is 21.4. The average molecular weight is 845 g/mol. The lowest BCUT2D eigenvalue weighted by Crippen LogP contribution is -2.61. The molecular weight excluding hydrogens is 791 g/mol. The van der Waals surface area contributed by atoms with Crippen molar-refractivity contribution in [1.29, 1.82) is 0 Å². The van der Waals surface area contributed by atoms with Crippen molar-refractivity contribution in [2.45, 2.75) is 78.6 Å². The SMILES string of the molecule is CC(C)(C)c1ccc2c(c1)B1c3ccc(C(C)(C)C)cc3N(c3ccc4c(c3)oc3ccccc34)c3cc(C(C)(C)C)cc(c31)N2c1ccc(-c2cccc3c2oc2ccccc23)cc1. The molecule has 0 spiro atoms. The van der Waals surface area contributed by atoms with Crippen LogP contribution in [0.2, 0.25) is 0 Å². The Bertz CT molecular complexity index is 3570. The lowest BCUT2D eigenvalue weighted by Gasteiger charge is -2.45. The number of anilines is 6. The second kappa shape index (κ2) is 13.8. The third kappa shape index (κ3) is 6.12. The monoisotopic (exact) mass is 844 g/mol. The molecule has 12 rings (SSSR count). The molecule has 0 saturated carbocycles. The minimum atomic E-state index is -0.139. The first-order chi connectivity index (χ1) is 31.1. The standard InChI is InChI=1S/C60H53BN2O2/c1-58(2,3)37-24-30-49-48(31-37)61-47-29-23-38(59(4,5)6)32-50(47)63(41-27-28-45-43-15-10-12-19-53(43)64-55(45)35-41)52-34-39(60(7,8)9)33-51(56(52)61)62(49)40-25-21-36(22-26-40)42-17-14-18-46-44-16-11-13-20-54(44)65-57(42)46/h10-35H,1-9H3. The summed E-state index contributed by atoms with van der Waals surface area (Å²) in [5.74, 6) is 0. The number of benzene rings is 8. The van der Waals surface area contributed by atoms with Crippen molar-refractivity contribution in [2.24, 2.45) is 0 Å². The van der Waals surface area contributed by atoms with Gasteiger partial charge in [-0.3, -0.25) is 0 Å². The number of furan rings is 2. The molecule has 2 aromatic heterocycles. The Hall–Kier alpha value is -6.98. The summed E-state index contributed by atoms with van der Waals surface area (Å²) in [6.45, 7) is 20.9. The van der Waals surface area contributed by atoms with Gasteiger partial charge in [-0.1, -0.05) is 153 Å². The Labute approximate surface area is 382 Å². The van der Waals surface area contributed by atoms with Crippen LogP contribution in [0.1, 0.15) is 79.0 Å². The van der Waals surface area contributed by atoms with E-state index in [-0.39, 0.29) is 23.0 Å². The quantitative estimate of drug-likeness (QED) is 0.166. The van der Waals surface area contributed by atoms with Crippen LogP contribution in [0.3, 0.4) is 0 Å². The highest BCUT2D eigenvalue weighted by atomic mass is 16.3. The predicted molar refractivity (Wildman–Crippen MR) is 277 cm³/mol. The van der Waals surface area contributed by atoms with Gasteiger partial charge in [0.1, 0.15) is 22.3 Å². The second-order valence-electron chi connectivity index (χ2n) is 21.4. The zero-order valence-electron chi connectivity index (χ0n) is 38.8. The van der Waals surface area contributed by atoms with E-state index in [2.05, 4.69) is 218 Å². The van der Waals surface area contributed by atoms with Gasteiger partial charge in [-0.15, -0.1) is 0 Å². The average Bonchev–Trinajstić information content (AvgIpc) is 3.86. The van der Waals surface area contributed by atoms with Crippen molar-refractivity contribution in [3.05, 3.63) is 174 Å². The summed E-state index contributed by atoms with van der Waals surface area (Å²) >= 11 is 0. The fraction of sp³-hybridized carbons (Fsp3) is 0.200. The molecule has 0 unspecified atom stereocenters. The summed E-state index contributed by atoms with van der Waals surface area (Å²) in [6.07, 6.45) is 0. The third-order valence-corrected chi connectivity index (χ3v) is 14.1. The van der Waals surface area contributed by atoms with Crippen LogP contribution in [0.5, 0.6) is 0 Å². The number of fused-ring (bicyclic) bond motifs is 10. The van der Waals surface area contributed by atoms with Gasteiger partial charge in [0.25, 0.3) is 6.71 Å². The molecular formula is C60H53BN2O2. The van der Waals surface area contributed by atoms with Crippen molar-refractivity contribution in [2.75, 3.05) is 9.80 Å². The summed E-state index contributed by atoms with van der Waals surface area (Å²) in [5.41, 5.74) is 20.5. The molecule has 4 nitrogen and oxygen atoms in total. The highest BCUT2D eigenvalue weighted by Gasteiger charge is 2.45. The topological polar surface area (TPSA) is 32.8 Å². The summed E-state index contributed by atoms with van der Waals surface area (Å²) in [5, 5.41) is 4.54. The van der Waals surface area contributed by atoms with Gasteiger partial charge < -0.3 is 18.6 Å². The number of hydrogen-bond acceptors (Lipinski definition) is 4. The molecule has 0 amide bonds. The number of para-hydroxylation sites is 3. The van der Waals surface area contributed by atoms with Crippen molar-refractivity contribution >= 4 is 101 Å². The molecule has 10 aromatic rings. The maximum atomic E-state index is 6.60. The molecule has 65 heavy (non-hydrogen) atoms. The lowest BCUT2D eigenvalue weighted by atomic mass is 9.33. The van der Waals surface area contributed by atoms with Crippen LogP contribution in [-0.2, 0) is 16.2 Å². The molecule has 0 atom stereocenters. The van der Waals surface area contributed by atoms with Crippen LogP contribution in [0.4, 0.5) is 34.1 Å². The number of nitrogens with zero attached hydrogens (tertiary/aromatic N) is 2. The molecule has 0 radical (unpaired) electrons. The van der Waals surface area contributed by atoms with Crippen LogP contribution in [-0.4, -0.2) is 6.71 Å². The Balaban J connectivity index is 1.12.